The highest BCUT2D eigenvalue weighted by molar-refractivity contribution is 5.88. The molecule has 0 spiro atoms. The Morgan fingerprint density at radius 2 is 1.94 bits per heavy atom. The van der Waals surface area contributed by atoms with Crippen LogP contribution in [0, 0.1) is 0 Å². The number of rotatable bonds is 8. The van der Waals surface area contributed by atoms with Gasteiger partial charge in [0.25, 0.3) is 0 Å². The molecule has 5 nitrogen and oxygen atoms in total. The van der Waals surface area contributed by atoms with Gasteiger partial charge in [0.05, 0.1) is 19.1 Å². The van der Waals surface area contributed by atoms with Gasteiger partial charge in [-0.05, 0) is 40.3 Å². The molecule has 1 atom stereocenters. The lowest BCUT2D eigenvalue weighted by atomic mass is 10.1. The van der Waals surface area contributed by atoms with Crippen LogP contribution in [-0.2, 0) is 9.59 Å². The summed E-state index contributed by atoms with van der Waals surface area (Å²) < 4.78 is 0. The molecule has 0 bridgehead atoms. The summed E-state index contributed by atoms with van der Waals surface area (Å²) in [6, 6.07) is -0.334. The number of nitrogens with zero attached hydrogens (tertiary/aromatic N) is 1. The van der Waals surface area contributed by atoms with E-state index in [2.05, 4.69) is 11.1 Å². The minimum atomic E-state index is -0.334. The zero-order valence-electron chi connectivity index (χ0n) is 10.6. The van der Waals surface area contributed by atoms with E-state index in [-0.39, 0.29) is 17.7 Å². The van der Waals surface area contributed by atoms with Crippen molar-refractivity contribution in [3.8, 4) is 0 Å². The highest BCUT2D eigenvalue weighted by Gasteiger charge is 2.16. The monoisotopic (exact) mass is 230 g/mol. The highest BCUT2D eigenvalue weighted by atomic mass is 16.2. The maximum Gasteiger partial charge on any atom is 0.234 e. The number of hydrogen-bond donors (Lipinski definition) is 2. The molecule has 0 radical (unpaired) electrons. The molecule has 4 N–H and O–H groups in total. The summed E-state index contributed by atoms with van der Waals surface area (Å²) in [4.78, 5) is 24.6. The van der Waals surface area contributed by atoms with Crippen LogP contribution in [0.15, 0.2) is 0 Å². The summed E-state index contributed by atoms with van der Waals surface area (Å²) in [5.41, 5.74) is 3.75. The van der Waals surface area contributed by atoms with Crippen LogP contribution in [0.25, 0.3) is 0 Å². The molecule has 0 aromatic carbocycles. The van der Waals surface area contributed by atoms with E-state index in [1.54, 1.807) is 4.90 Å². The molecule has 0 unspecified atom stereocenters. The first kappa shape index (κ1) is 15.1. The summed E-state index contributed by atoms with van der Waals surface area (Å²) in [7, 11) is 3.65. The van der Waals surface area contributed by atoms with Gasteiger partial charge in [0.1, 0.15) is 0 Å². The van der Waals surface area contributed by atoms with Crippen LogP contribution in [0.4, 0.5) is 0 Å². The lowest BCUT2D eigenvalue weighted by molar-refractivity contribution is -0.368. The maximum atomic E-state index is 11.5. The Kier molecular flexibility index (Phi) is 7.76. The lowest BCUT2D eigenvalue weighted by Crippen LogP contribution is -2.50. The fourth-order valence-electron chi connectivity index (χ4n) is 1.43. The Labute approximate surface area is 97.4 Å². The van der Waals surface area contributed by atoms with Gasteiger partial charge in [-0.25, -0.2) is 0 Å². The summed E-state index contributed by atoms with van der Waals surface area (Å²) in [5, 5.41) is 2.76. The largest absolute Gasteiger partial charge is 0.358 e. The third kappa shape index (κ3) is 7.36. The predicted octanol–water partition coefficient (Wildman–Crippen LogP) is -0.966. The van der Waals surface area contributed by atoms with Gasteiger partial charge in [-0.2, -0.15) is 0 Å². The number of carbonyl (C=O) groups excluding carboxylic acids is 2. The molecule has 0 saturated carbocycles. The lowest BCUT2D eigenvalue weighted by Gasteiger charge is -2.17. The SMILES string of the molecule is CC(=O)[C@H](CCCC[NH3+])NC(=O)CN(C)C. The molecule has 0 aliphatic carbocycles. The minimum absolute atomic E-state index is 0.0242. The molecule has 94 valence electrons. The van der Waals surface area contributed by atoms with Crippen LogP contribution < -0.4 is 11.1 Å². The van der Waals surface area contributed by atoms with Crippen LogP contribution in [0.1, 0.15) is 26.2 Å². The van der Waals surface area contributed by atoms with Crippen molar-refractivity contribution in [2.45, 2.75) is 32.2 Å². The number of likely N-dealkylation sites (N-methyl/N-ethyl adjacent to an activating group) is 1. The van der Waals surface area contributed by atoms with E-state index < -0.39 is 0 Å². The van der Waals surface area contributed by atoms with Crippen molar-refractivity contribution >= 4 is 11.7 Å². The fourth-order valence-corrected chi connectivity index (χ4v) is 1.43. The molecule has 0 aliphatic rings. The van der Waals surface area contributed by atoms with E-state index in [1.165, 1.54) is 6.92 Å². The van der Waals surface area contributed by atoms with E-state index >= 15 is 0 Å². The smallest absolute Gasteiger partial charge is 0.234 e. The van der Waals surface area contributed by atoms with E-state index in [0.717, 1.165) is 19.4 Å². The quantitative estimate of drug-likeness (QED) is 0.527. The fraction of sp³-hybridized carbons (Fsp3) is 0.818. The standard InChI is InChI=1S/C11H23N3O2/c1-9(15)10(6-4-5-7-12)13-11(16)8-14(2)3/h10H,4-8,12H2,1-3H3,(H,13,16)/p+1/t10-/m0/s1. The molecule has 16 heavy (non-hydrogen) atoms. The van der Waals surface area contributed by atoms with Crippen molar-refractivity contribution in [3.05, 3.63) is 0 Å². The minimum Gasteiger partial charge on any atom is -0.358 e. The molecular formula is C11H24N3O2+. The molecular weight excluding hydrogens is 206 g/mol. The van der Waals surface area contributed by atoms with Gasteiger partial charge >= 0.3 is 0 Å². The van der Waals surface area contributed by atoms with E-state index in [0.29, 0.717) is 13.0 Å². The van der Waals surface area contributed by atoms with Gasteiger partial charge in [-0.15, -0.1) is 0 Å². The predicted molar refractivity (Wildman–Crippen MR) is 62.8 cm³/mol. The normalized spacial score (nSPS) is 12.6. The topological polar surface area (TPSA) is 77.0 Å². The molecule has 0 aliphatic heterocycles. The van der Waals surface area contributed by atoms with Crippen molar-refractivity contribution in [3.63, 3.8) is 0 Å². The summed E-state index contributed by atoms with van der Waals surface area (Å²) >= 11 is 0. The Bertz CT molecular complexity index is 229. The highest BCUT2D eigenvalue weighted by Crippen LogP contribution is 2.01. The van der Waals surface area contributed by atoms with Gasteiger partial charge < -0.3 is 16.0 Å². The average molecular weight is 230 g/mol. The number of nitrogens with one attached hydrogen (secondary N) is 1. The molecule has 1 amide bonds. The number of carbonyl (C=O) groups is 2. The van der Waals surface area contributed by atoms with E-state index in [4.69, 9.17) is 0 Å². The Hall–Kier alpha value is -0.940. The molecule has 0 aromatic rings. The second-order valence-corrected chi connectivity index (χ2v) is 4.32. The molecule has 5 heteroatoms. The van der Waals surface area contributed by atoms with Crippen molar-refractivity contribution in [1.29, 1.82) is 0 Å². The molecule has 0 aromatic heterocycles. The first-order chi connectivity index (χ1) is 7.47. The first-order valence-corrected chi connectivity index (χ1v) is 5.71. The van der Waals surface area contributed by atoms with Crippen molar-refractivity contribution in [2.24, 2.45) is 0 Å². The summed E-state index contributed by atoms with van der Waals surface area (Å²) in [6.07, 6.45) is 2.63. The van der Waals surface area contributed by atoms with Gasteiger partial charge in [0.15, 0.2) is 5.78 Å². The Balaban J connectivity index is 4.02. The molecule has 0 saturated heterocycles. The zero-order valence-corrected chi connectivity index (χ0v) is 10.6. The summed E-state index contributed by atoms with van der Waals surface area (Å²) in [5.74, 6) is -0.0732. The Morgan fingerprint density at radius 3 is 2.38 bits per heavy atom. The second-order valence-electron chi connectivity index (χ2n) is 4.32. The van der Waals surface area contributed by atoms with Gasteiger partial charge in [0, 0.05) is 0 Å². The zero-order chi connectivity index (χ0) is 12.6. The van der Waals surface area contributed by atoms with E-state index in [9.17, 15) is 9.59 Å². The van der Waals surface area contributed by atoms with Crippen molar-refractivity contribution < 1.29 is 15.3 Å². The van der Waals surface area contributed by atoms with Crippen LogP contribution in [-0.4, -0.2) is 49.8 Å². The summed E-state index contributed by atoms with van der Waals surface area (Å²) in [6.45, 7) is 2.71. The van der Waals surface area contributed by atoms with E-state index in [1.807, 2.05) is 14.1 Å². The number of Topliss-reactive ketones (excluding diaryl/α,β-unsaturated/α-hetero) is 1. The van der Waals surface area contributed by atoms with Crippen LogP contribution >= 0.6 is 0 Å². The number of ketones is 1. The molecule has 0 heterocycles. The van der Waals surface area contributed by atoms with Crippen LogP contribution in [0.3, 0.4) is 0 Å². The molecule has 0 fully saturated rings. The maximum absolute atomic E-state index is 11.5. The van der Waals surface area contributed by atoms with Crippen molar-refractivity contribution in [2.75, 3.05) is 27.2 Å². The Morgan fingerprint density at radius 1 is 1.31 bits per heavy atom. The molecule has 0 rings (SSSR count). The third-order valence-electron chi connectivity index (χ3n) is 2.28. The first-order valence-electron chi connectivity index (χ1n) is 5.71. The number of quaternary nitrogens is 1. The number of unbranched alkanes of at least 4 members (excludes halogenated alkanes) is 1. The van der Waals surface area contributed by atoms with Crippen LogP contribution in [0.5, 0.6) is 0 Å². The average Bonchev–Trinajstić information content (AvgIpc) is 2.15. The van der Waals surface area contributed by atoms with Crippen molar-refractivity contribution in [1.82, 2.24) is 10.2 Å². The third-order valence-corrected chi connectivity index (χ3v) is 2.28. The van der Waals surface area contributed by atoms with Gasteiger partial charge in [-0.3, -0.25) is 9.59 Å². The van der Waals surface area contributed by atoms with Gasteiger partial charge in [-0.1, -0.05) is 0 Å². The second kappa shape index (κ2) is 8.24. The number of amides is 1. The van der Waals surface area contributed by atoms with Crippen LogP contribution in [0.2, 0.25) is 0 Å². The number of hydrogen-bond acceptors (Lipinski definition) is 3. The van der Waals surface area contributed by atoms with Gasteiger partial charge in [0.2, 0.25) is 5.91 Å².